The molecule has 138 valence electrons. The van der Waals surface area contributed by atoms with Gasteiger partial charge in [-0.25, -0.2) is 19.6 Å². The van der Waals surface area contributed by atoms with Crippen molar-refractivity contribution in [1.29, 1.82) is 0 Å². The van der Waals surface area contributed by atoms with Gasteiger partial charge >= 0.3 is 11.9 Å². The van der Waals surface area contributed by atoms with Crippen molar-refractivity contribution in [2.75, 3.05) is 18.5 Å². The molecule has 1 aromatic carbocycles. The van der Waals surface area contributed by atoms with Gasteiger partial charge in [0.05, 0.1) is 18.7 Å². The molecule has 26 heavy (non-hydrogen) atoms. The molecule has 0 saturated carbocycles. The van der Waals surface area contributed by atoms with Gasteiger partial charge in [0.15, 0.2) is 5.57 Å². The van der Waals surface area contributed by atoms with E-state index in [2.05, 4.69) is 22.2 Å². The summed E-state index contributed by atoms with van der Waals surface area (Å²) in [5, 5.41) is 3.73. The number of aryl methyl sites for hydroxylation is 1. The van der Waals surface area contributed by atoms with Crippen molar-refractivity contribution in [2.24, 2.45) is 0 Å². The number of nitrogens with one attached hydrogen (secondary N) is 1. The number of aromatic nitrogens is 2. The van der Waals surface area contributed by atoms with Crippen LogP contribution in [0, 0.1) is 0 Å². The fourth-order valence-electron chi connectivity index (χ4n) is 2.42. The van der Waals surface area contributed by atoms with Gasteiger partial charge in [0.1, 0.15) is 12.1 Å². The molecule has 0 aliphatic carbocycles. The highest BCUT2D eigenvalue weighted by atomic mass is 16.6. The molecule has 0 atom stereocenters. The van der Waals surface area contributed by atoms with E-state index in [4.69, 9.17) is 9.47 Å². The van der Waals surface area contributed by atoms with E-state index in [0.29, 0.717) is 5.82 Å². The lowest BCUT2D eigenvalue weighted by Gasteiger charge is -2.09. The zero-order valence-electron chi connectivity index (χ0n) is 15.2. The molecule has 2 aromatic rings. The van der Waals surface area contributed by atoms with Gasteiger partial charge in [-0.1, -0.05) is 19.4 Å². The Labute approximate surface area is 152 Å². The molecule has 2 rings (SSSR count). The third-order valence-electron chi connectivity index (χ3n) is 3.58. The summed E-state index contributed by atoms with van der Waals surface area (Å²) in [4.78, 5) is 32.5. The lowest BCUT2D eigenvalue weighted by atomic mass is 10.1. The zero-order chi connectivity index (χ0) is 18.9. The van der Waals surface area contributed by atoms with Crippen molar-refractivity contribution < 1.29 is 19.1 Å². The predicted octanol–water partition coefficient (Wildman–Crippen LogP) is 3.00. The van der Waals surface area contributed by atoms with Crippen LogP contribution in [0.2, 0.25) is 0 Å². The summed E-state index contributed by atoms with van der Waals surface area (Å²) in [6.07, 6.45) is 4.66. The summed E-state index contributed by atoms with van der Waals surface area (Å²) in [6.45, 7) is 5.76. The average Bonchev–Trinajstić information content (AvgIpc) is 2.63. The summed E-state index contributed by atoms with van der Waals surface area (Å²) < 4.78 is 9.84. The molecule has 0 radical (unpaired) electrons. The van der Waals surface area contributed by atoms with Crippen molar-refractivity contribution in [3.8, 4) is 0 Å². The van der Waals surface area contributed by atoms with Crippen LogP contribution in [-0.2, 0) is 25.5 Å². The molecule has 0 aliphatic rings. The smallest absolute Gasteiger partial charge is 0.347 e. The Morgan fingerprint density at radius 2 is 1.77 bits per heavy atom. The first-order chi connectivity index (χ1) is 12.6. The van der Waals surface area contributed by atoms with E-state index in [0.717, 1.165) is 29.3 Å². The maximum Gasteiger partial charge on any atom is 0.347 e. The van der Waals surface area contributed by atoms with Crippen molar-refractivity contribution in [2.45, 2.75) is 33.6 Å². The van der Waals surface area contributed by atoms with Crippen molar-refractivity contribution in [1.82, 2.24) is 9.97 Å². The van der Waals surface area contributed by atoms with E-state index >= 15 is 0 Å². The lowest BCUT2D eigenvalue weighted by molar-refractivity contribution is -0.146. The van der Waals surface area contributed by atoms with Crippen LogP contribution in [0.3, 0.4) is 0 Å². The van der Waals surface area contributed by atoms with Crippen LogP contribution in [0.1, 0.15) is 32.8 Å². The van der Waals surface area contributed by atoms with Crippen LogP contribution >= 0.6 is 0 Å². The molecule has 0 unspecified atom stereocenters. The maximum absolute atomic E-state index is 12.0. The molecule has 1 aromatic heterocycles. The molecule has 0 saturated heterocycles. The van der Waals surface area contributed by atoms with E-state index in [-0.39, 0.29) is 18.8 Å². The number of fused-ring (bicyclic) bond motifs is 1. The quantitative estimate of drug-likeness (QED) is 0.336. The highest BCUT2D eigenvalue weighted by molar-refractivity contribution is 6.14. The molecule has 1 N–H and O–H groups in total. The largest absolute Gasteiger partial charge is 0.462 e. The van der Waals surface area contributed by atoms with Gasteiger partial charge < -0.3 is 14.8 Å². The first-order valence-corrected chi connectivity index (χ1v) is 8.65. The molecular formula is C19H23N3O4. The zero-order valence-corrected chi connectivity index (χ0v) is 15.2. The summed E-state index contributed by atoms with van der Waals surface area (Å²) in [5.74, 6) is -0.994. The fraction of sp³-hybridized carbons (Fsp3) is 0.368. The Balaban J connectivity index is 2.37. The summed E-state index contributed by atoms with van der Waals surface area (Å²) in [6, 6.07) is 5.96. The Bertz CT molecular complexity index is 798. The van der Waals surface area contributed by atoms with Crippen LogP contribution in [0.4, 0.5) is 5.82 Å². The standard InChI is InChI=1S/C19H23N3O4/c1-4-7-13-8-9-16-14(10-13)17(22-12-21-16)20-11-15(18(23)25-5-2)19(24)26-6-3/h8-12H,4-7H2,1-3H3,(H,20,21,22). The lowest BCUT2D eigenvalue weighted by Crippen LogP contribution is -2.19. The number of rotatable bonds is 8. The van der Waals surface area contributed by atoms with Gasteiger partial charge in [0.2, 0.25) is 0 Å². The van der Waals surface area contributed by atoms with Crippen LogP contribution in [-0.4, -0.2) is 35.1 Å². The Morgan fingerprint density at radius 3 is 2.38 bits per heavy atom. The summed E-state index contributed by atoms with van der Waals surface area (Å²) in [5.41, 5.74) is 1.72. The Hall–Kier alpha value is -2.96. The maximum atomic E-state index is 12.0. The molecular weight excluding hydrogens is 334 g/mol. The number of hydrogen-bond acceptors (Lipinski definition) is 7. The van der Waals surface area contributed by atoms with Crippen LogP contribution in [0.15, 0.2) is 36.3 Å². The number of nitrogens with zero attached hydrogens (tertiary/aromatic N) is 2. The second kappa shape index (κ2) is 9.50. The van der Waals surface area contributed by atoms with Gasteiger partial charge in [-0.3, -0.25) is 0 Å². The molecule has 0 spiro atoms. The Morgan fingerprint density at radius 1 is 1.08 bits per heavy atom. The molecule has 7 nitrogen and oxygen atoms in total. The van der Waals surface area contributed by atoms with E-state index in [1.807, 2.05) is 18.2 Å². The SMILES string of the molecule is CCCc1ccc2ncnc(NC=C(C(=O)OCC)C(=O)OCC)c2c1. The monoisotopic (exact) mass is 357 g/mol. The molecule has 0 amide bonds. The van der Waals surface area contributed by atoms with Crippen molar-refractivity contribution in [3.63, 3.8) is 0 Å². The van der Waals surface area contributed by atoms with E-state index in [1.54, 1.807) is 13.8 Å². The van der Waals surface area contributed by atoms with Gasteiger partial charge in [-0.2, -0.15) is 0 Å². The topological polar surface area (TPSA) is 90.4 Å². The summed E-state index contributed by atoms with van der Waals surface area (Å²) in [7, 11) is 0. The minimum absolute atomic E-state index is 0.159. The molecule has 1 heterocycles. The van der Waals surface area contributed by atoms with Gasteiger partial charge in [0.25, 0.3) is 0 Å². The normalized spacial score (nSPS) is 10.3. The molecule has 0 aliphatic heterocycles. The van der Waals surface area contributed by atoms with Crippen LogP contribution < -0.4 is 5.32 Å². The van der Waals surface area contributed by atoms with Gasteiger partial charge in [-0.15, -0.1) is 0 Å². The van der Waals surface area contributed by atoms with E-state index in [1.165, 1.54) is 12.5 Å². The minimum Gasteiger partial charge on any atom is -0.462 e. The van der Waals surface area contributed by atoms with Gasteiger partial charge in [-0.05, 0) is 38.0 Å². The van der Waals surface area contributed by atoms with E-state index in [9.17, 15) is 9.59 Å². The first-order valence-electron chi connectivity index (χ1n) is 8.65. The predicted molar refractivity (Wildman–Crippen MR) is 98.5 cm³/mol. The number of carbonyl (C=O) groups excluding carboxylic acids is 2. The van der Waals surface area contributed by atoms with Crippen molar-refractivity contribution >= 4 is 28.7 Å². The molecule has 7 heteroatoms. The number of hydrogen-bond donors (Lipinski definition) is 1. The summed E-state index contributed by atoms with van der Waals surface area (Å²) >= 11 is 0. The number of esters is 2. The van der Waals surface area contributed by atoms with E-state index < -0.39 is 11.9 Å². The van der Waals surface area contributed by atoms with Crippen LogP contribution in [0.5, 0.6) is 0 Å². The number of carbonyl (C=O) groups is 2. The fourth-order valence-corrected chi connectivity index (χ4v) is 2.42. The number of ether oxygens (including phenoxy) is 2. The highest BCUT2D eigenvalue weighted by Crippen LogP contribution is 2.21. The van der Waals surface area contributed by atoms with Crippen LogP contribution in [0.25, 0.3) is 10.9 Å². The second-order valence-electron chi connectivity index (χ2n) is 5.47. The third-order valence-corrected chi connectivity index (χ3v) is 3.58. The molecule has 0 fully saturated rings. The first kappa shape index (κ1) is 19.4. The average molecular weight is 357 g/mol. The third kappa shape index (κ3) is 4.78. The van der Waals surface area contributed by atoms with Crippen molar-refractivity contribution in [3.05, 3.63) is 41.9 Å². The Kier molecular flexibility index (Phi) is 7.08. The molecule has 0 bridgehead atoms. The second-order valence-corrected chi connectivity index (χ2v) is 5.47. The van der Waals surface area contributed by atoms with Gasteiger partial charge in [0, 0.05) is 11.6 Å². The number of anilines is 1. The number of benzene rings is 1. The highest BCUT2D eigenvalue weighted by Gasteiger charge is 2.21. The minimum atomic E-state index is -0.747.